The van der Waals surface area contributed by atoms with E-state index in [2.05, 4.69) is 11.0 Å². The number of nitrogens with zero attached hydrogens (tertiary/aromatic N) is 2. The van der Waals surface area contributed by atoms with E-state index in [1.165, 1.54) is 0 Å². The smallest absolute Gasteiger partial charge is 0.339 e. The van der Waals surface area contributed by atoms with Crippen LogP contribution in [-0.2, 0) is 11.3 Å². The predicted octanol–water partition coefficient (Wildman–Crippen LogP) is 3.17. The lowest BCUT2D eigenvalue weighted by Gasteiger charge is -2.34. The molecular weight excluding hydrogens is 436 g/mol. The summed E-state index contributed by atoms with van der Waals surface area (Å²) in [5.74, 6) is 2.07. The number of carbonyl (C=O) groups is 1. The molecule has 0 spiro atoms. The van der Waals surface area contributed by atoms with E-state index in [4.69, 9.17) is 18.6 Å². The second kappa shape index (κ2) is 9.02. The van der Waals surface area contributed by atoms with Gasteiger partial charge < -0.3 is 23.5 Å². The minimum atomic E-state index is -0.347. The van der Waals surface area contributed by atoms with Crippen LogP contribution < -0.4 is 19.8 Å². The number of hydrogen-bond donors (Lipinski definition) is 0. The highest BCUT2D eigenvalue weighted by Gasteiger charge is 2.23. The van der Waals surface area contributed by atoms with Gasteiger partial charge in [-0.15, -0.1) is 0 Å². The van der Waals surface area contributed by atoms with Crippen LogP contribution in [0.5, 0.6) is 17.2 Å². The minimum absolute atomic E-state index is 0.0520. The molecule has 1 aromatic heterocycles. The number of benzene rings is 2. The topological polar surface area (TPSA) is 81.5 Å². The number of fused-ring (bicyclic) bond motifs is 2. The van der Waals surface area contributed by atoms with Gasteiger partial charge in [-0.1, -0.05) is 6.07 Å². The molecule has 178 valence electrons. The molecule has 1 saturated heterocycles. The molecule has 0 N–H and O–H groups in total. The zero-order chi connectivity index (χ0) is 23.8. The van der Waals surface area contributed by atoms with E-state index in [0.717, 1.165) is 53.2 Å². The highest BCUT2D eigenvalue weighted by atomic mass is 16.7. The molecule has 1 fully saturated rings. The van der Waals surface area contributed by atoms with Crippen molar-refractivity contribution >= 4 is 16.9 Å². The molecule has 0 radical (unpaired) electrons. The van der Waals surface area contributed by atoms with E-state index in [1.54, 1.807) is 6.92 Å². The van der Waals surface area contributed by atoms with Crippen molar-refractivity contribution in [2.24, 2.45) is 0 Å². The molecule has 0 aliphatic carbocycles. The van der Waals surface area contributed by atoms with Gasteiger partial charge >= 0.3 is 5.63 Å². The molecule has 2 aliphatic rings. The second-order valence-corrected chi connectivity index (χ2v) is 8.84. The number of rotatable bonds is 5. The molecule has 2 aliphatic heterocycles. The van der Waals surface area contributed by atoms with Gasteiger partial charge in [0, 0.05) is 49.2 Å². The summed E-state index contributed by atoms with van der Waals surface area (Å²) in [5, 5.41) is 0.881. The predicted molar refractivity (Wildman–Crippen MR) is 127 cm³/mol. The molecule has 1 amide bonds. The number of aryl methyl sites for hydroxylation is 2. The Kier molecular flexibility index (Phi) is 5.91. The molecule has 34 heavy (non-hydrogen) atoms. The van der Waals surface area contributed by atoms with Crippen molar-refractivity contribution in [2.45, 2.75) is 27.3 Å². The molecule has 0 bridgehead atoms. The Bertz CT molecular complexity index is 1310. The van der Waals surface area contributed by atoms with Crippen LogP contribution in [0.3, 0.4) is 0 Å². The zero-order valence-electron chi connectivity index (χ0n) is 19.7. The first kappa shape index (κ1) is 22.3. The van der Waals surface area contributed by atoms with Gasteiger partial charge in [0.2, 0.25) is 6.79 Å². The van der Waals surface area contributed by atoms with Crippen LogP contribution in [0.1, 0.15) is 22.3 Å². The Morgan fingerprint density at radius 2 is 1.71 bits per heavy atom. The fourth-order valence-electron chi connectivity index (χ4n) is 4.46. The molecule has 2 aromatic carbocycles. The fraction of sp³-hybridized carbons (Fsp3) is 0.385. The molecular formula is C26H28N2O6. The van der Waals surface area contributed by atoms with Gasteiger partial charge in [0.05, 0.1) is 0 Å². The Morgan fingerprint density at radius 1 is 0.941 bits per heavy atom. The van der Waals surface area contributed by atoms with Crippen LogP contribution >= 0.6 is 0 Å². The largest absolute Gasteiger partial charge is 0.483 e. The van der Waals surface area contributed by atoms with Gasteiger partial charge in [-0.25, -0.2) is 4.79 Å². The first-order chi connectivity index (χ1) is 16.4. The quantitative estimate of drug-likeness (QED) is 0.537. The molecule has 3 aromatic rings. The standard InChI is InChI=1S/C26H28N2O6/c1-16-17(2)26(30)34-25-18(3)21(7-5-20(16)25)31-14-24(29)28-10-8-27(9-11-28)13-19-4-6-22-23(12-19)33-15-32-22/h4-7,12H,8-11,13-15H2,1-3H3. The van der Waals surface area contributed by atoms with Gasteiger partial charge in [0.1, 0.15) is 11.3 Å². The third kappa shape index (κ3) is 4.21. The first-order valence-corrected chi connectivity index (χ1v) is 11.5. The molecule has 0 atom stereocenters. The third-order valence-corrected chi connectivity index (χ3v) is 6.74. The van der Waals surface area contributed by atoms with Crippen LogP contribution in [0.15, 0.2) is 39.5 Å². The van der Waals surface area contributed by atoms with Crippen molar-refractivity contribution in [3.63, 3.8) is 0 Å². The maximum atomic E-state index is 12.8. The number of hydrogen-bond acceptors (Lipinski definition) is 7. The van der Waals surface area contributed by atoms with E-state index >= 15 is 0 Å². The fourth-order valence-corrected chi connectivity index (χ4v) is 4.46. The Labute approximate surface area is 197 Å². The normalized spacial score (nSPS) is 15.7. The molecule has 8 nitrogen and oxygen atoms in total. The van der Waals surface area contributed by atoms with Gasteiger partial charge in [0.25, 0.3) is 5.91 Å². The van der Waals surface area contributed by atoms with E-state index in [1.807, 2.05) is 43.0 Å². The summed E-state index contributed by atoms with van der Waals surface area (Å²) in [5.41, 5.74) is 3.55. The molecule has 0 unspecified atom stereocenters. The van der Waals surface area contributed by atoms with Crippen molar-refractivity contribution in [3.05, 3.63) is 63.0 Å². The first-order valence-electron chi connectivity index (χ1n) is 11.5. The van der Waals surface area contributed by atoms with Gasteiger partial charge in [-0.2, -0.15) is 0 Å². The van der Waals surface area contributed by atoms with Crippen molar-refractivity contribution in [1.29, 1.82) is 0 Å². The molecule has 8 heteroatoms. The number of carbonyl (C=O) groups excluding carboxylic acids is 1. The van der Waals surface area contributed by atoms with E-state index in [0.29, 0.717) is 30.0 Å². The number of amides is 1. The number of piperazine rings is 1. The van der Waals surface area contributed by atoms with Crippen LogP contribution in [0.4, 0.5) is 0 Å². The van der Waals surface area contributed by atoms with Crippen molar-refractivity contribution in [3.8, 4) is 17.2 Å². The molecule has 5 rings (SSSR count). The number of ether oxygens (including phenoxy) is 3. The van der Waals surface area contributed by atoms with Gasteiger partial charge in [0.15, 0.2) is 18.1 Å². The zero-order valence-corrected chi connectivity index (χ0v) is 19.7. The third-order valence-electron chi connectivity index (χ3n) is 6.74. The molecule has 0 saturated carbocycles. The Balaban J connectivity index is 1.17. The minimum Gasteiger partial charge on any atom is -0.483 e. The van der Waals surface area contributed by atoms with Crippen LogP contribution in [0.2, 0.25) is 0 Å². The average Bonchev–Trinajstić information content (AvgIpc) is 3.31. The summed E-state index contributed by atoms with van der Waals surface area (Å²) >= 11 is 0. The van der Waals surface area contributed by atoms with E-state index in [-0.39, 0.29) is 24.9 Å². The summed E-state index contributed by atoms with van der Waals surface area (Å²) < 4.78 is 22.2. The highest BCUT2D eigenvalue weighted by molar-refractivity contribution is 5.85. The molecule has 3 heterocycles. The van der Waals surface area contributed by atoms with Gasteiger partial charge in [-0.3, -0.25) is 9.69 Å². The van der Waals surface area contributed by atoms with Crippen molar-refractivity contribution in [1.82, 2.24) is 9.80 Å². The maximum Gasteiger partial charge on any atom is 0.339 e. The summed E-state index contributed by atoms with van der Waals surface area (Å²) in [7, 11) is 0. The maximum absolute atomic E-state index is 12.8. The van der Waals surface area contributed by atoms with Crippen molar-refractivity contribution in [2.75, 3.05) is 39.6 Å². The van der Waals surface area contributed by atoms with Crippen LogP contribution in [0.25, 0.3) is 11.0 Å². The monoisotopic (exact) mass is 464 g/mol. The summed E-state index contributed by atoms with van der Waals surface area (Å²) in [6.07, 6.45) is 0. The highest BCUT2D eigenvalue weighted by Crippen LogP contribution is 2.33. The Hall–Kier alpha value is -3.52. The SMILES string of the molecule is Cc1c(C)c2ccc(OCC(=O)N3CCN(Cc4ccc5c(c4)OCO5)CC3)c(C)c2oc1=O. The lowest BCUT2D eigenvalue weighted by molar-refractivity contribution is -0.135. The van der Waals surface area contributed by atoms with Gasteiger partial charge in [-0.05, 0) is 56.2 Å². The summed E-state index contributed by atoms with van der Waals surface area (Å²) in [6.45, 7) is 9.41. The van der Waals surface area contributed by atoms with E-state index in [9.17, 15) is 9.59 Å². The summed E-state index contributed by atoms with van der Waals surface area (Å²) in [6, 6.07) is 9.72. The van der Waals surface area contributed by atoms with E-state index < -0.39 is 0 Å². The van der Waals surface area contributed by atoms with Crippen molar-refractivity contribution < 1.29 is 23.4 Å². The van der Waals surface area contributed by atoms with Crippen LogP contribution in [-0.4, -0.2) is 55.3 Å². The lowest BCUT2D eigenvalue weighted by Crippen LogP contribution is -2.49. The lowest BCUT2D eigenvalue weighted by atomic mass is 10.0. The van der Waals surface area contributed by atoms with Crippen LogP contribution in [0, 0.1) is 20.8 Å². The Morgan fingerprint density at radius 3 is 2.50 bits per heavy atom. The average molecular weight is 465 g/mol. The summed E-state index contributed by atoms with van der Waals surface area (Å²) in [4.78, 5) is 29.0. The second-order valence-electron chi connectivity index (χ2n) is 8.84.